The van der Waals surface area contributed by atoms with Gasteiger partial charge in [-0.05, 0) is 54.8 Å². The Kier molecular flexibility index (Phi) is 6.12. The van der Waals surface area contributed by atoms with Crippen LogP contribution in [0.1, 0.15) is 58.4 Å². The Morgan fingerprint density at radius 1 is 0.931 bits per heavy atom. The molecule has 4 nitrogen and oxygen atoms in total. The SMILES string of the molecule is C=C1CC[C@H]2C(C)(C)CCC[C@]2(C)[C@H]1Cc1c(OC)c(OC)cc(OC)c1OC. The topological polar surface area (TPSA) is 36.9 Å². The molecule has 0 N–H and O–H groups in total. The molecule has 0 aliphatic heterocycles. The van der Waals surface area contributed by atoms with Gasteiger partial charge >= 0.3 is 0 Å². The number of hydrogen-bond acceptors (Lipinski definition) is 4. The standard InChI is InChI=1S/C25H38O4/c1-16-10-11-21-24(2,3)12-9-13-25(21,4)18(16)14-17-22(28-7)19(26-5)15-20(27-6)23(17)29-8/h15,18,21H,1,9-14H2,2-8H3/t18-,21-,25+/m0/s1. The van der Waals surface area contributed by atoms with E-state index < -0.39 is 0 Å². The van der Waals surface area contributed by atoms with Crippen LogP contribution in [0.3, 0.4) is 0 Å². The van der Waals surface area contributed by atoms with Crippen LogP contribution in [0, 0.1) is 22.7 Å². The molecule has 0 amide bonds. The monoisotopic (exact) mass is 402 g/mol. The molecule has 162 valence electrons. The zero-order valence-electron chi connectivity index (χ0n) is 19.3. The molecular weight excluding hydrogens is 364 g/mol. The highest BCUT2D eigenvalue weighted by Crippen LogP contribution is 2.62. The van der Waals surface area contributed by atoms with E-state index in [-0.39, 0.29) is 5.41 Å². The van der Waals surface area contributed by atoms with Gasteiger partial charge in [-0.25, -0.2) is 0 Å². The second-order valence-electron chi connectivity index (χ2n) is 9.68. The Labute approximate surface area is 176 Å². The van der Waals surface area contributed by atoms with E-state index in [9.17, 15) is 0 Å². The zero-order chi connectivity index (χ0) is 21.4. The van der Waals surface area contributed by atoms with E-state index in [0.717, 1.165) is 29.9 Å². The number of methoxy groups -OCH3 is 4. The van der Waals surface area contributed by atoms with Crippen molar-refractivity contribution in [2.45, 2.75) is 59.3 Å². The van der Waals surface area contributed by atoms with Crippen molar-refractivity contribution in [1.29, 1.82) is 0 Å². The van der Waals surface area contributed by atoms with Gasteiger partial charge in [-0.2, -0.15) is 0 Å². The maximum atomic E-state index is 5.81. The molecule has 4 heteroatoms. The largest absolute Gasteiger partial charge is 0.493 e. The van der Waals surface area contributed by atoms with Crippen molar-refractivity contribution in [2.24, 2.45) is 22.7 Å². The van der Waals surface area contributed by atoms with Crippen molar-refractivity contribution >= 4 is 0 Å². The number of rotatable bonds is 6. The Hall–Kier alpha value is -1.84. The smallest absolute Gasteiger partial charge is 0.167 e. The minimum atomic E-state index is 0.226. The lowest BCUT2D eigenvalue weighted by Crippen LogP contribution is -2.50. The molecule has 0 unspecified atom stereocenters. The average Bonchev–Trinajstić information content (AvgIpc) is 2.68. The van der Waals surface area contributed by atoms with Gasteiger partial charge in [0.15, 0.2) is 23.0 Å². The minimum absolute atomic E-state index is 0.226. The highest BCUT2D eigenvalue weighted by molar-refractivity contribution is 5.61. The van der Waals surface area contributed by atoms with Crippen LogP contribution in [0.15, 0.2) is 18.2 Å². The van der Waals surface area contributed by atoms with Crippen LogP contribution in [0.2, 0.25) is 0 Å². The van der Waals surface area contributed by atoms with Crippen LogP contribution in [0.25, 0.3) is 0 Å². The molecule has 29 heavy (non-hydrogen) atoms. The van der Waals surface area contributed by atoms with E-state index in [1.54, 1.807) is 28.4 Å². The van der Waals surface area contributed by atoms with E-state index in [4.69, 9.17) is 18.9 Å². The Balaban J connectivity index is 2.11. The summed E-state index contributed by atoms with van der Waals surface area (Å²) >= 11 is 0. The van der Waals surface area contributed by atoms with Gasteiger partial charge in [0.1, 0.15) is 0 Å². The lowest BCUT2D eigenvalue weighted by molar-refractivity contribution is -0.0519. The van der Waals surface area contributed by atoms with Crippen molar-refractivity contribution in [1.82, 2.24) is 0 Å². The molecule has 2 aliphatic rings. The van der Waals surface area contributed by atoms with Gasteiger partial charge in [-0.3, -0.25) is 0 Å². The van der Waals surface area contributed by atoms with Gasteiger partial charge < -0.3 is 18.9 Å². The number of ether oxygens (including phenoxy) is 4. The van der Waals surface area contributed by atoms with Crippen LogP contribution in [0.4, 0.5) is 0 Å². The summed E-state index contributed by atoms with van der Waals surface area (Å²) in [6.07, 6.45) is 7.00. The minimum Gasteiger partial charge on any atom is -0.493 e. The number of benzene rings is 1. The zero-order valence-corrected chi connectivity index (χ0v) is 19.3. The second-order valence-corrected chi connectivity index (χ2v) is 9.68. The maximum absolute atomic E-state index is 5.81. The molecule has 0 heterocycles. The summed E-state index contributed by atoms with van der Waals surface area (Å²) in [7, 11) is 6.70. The number of hydrogen-bond donors (Lipinski definition) is 0. The Bertz CT molecular complexity index is 736. The molecule has 3 atom stereocenters. The molecule has 0 aromatic heterocycles. The molecule has 2 aliphatic carbocycles. The predicted molar refractivity (Wildman–Crippen MR) is 117 cm³/mol. The lowest BCUT2D eigenvalue weighted by Gasteiger charge is -2.58. The predicted octanol–water partition coefficient (Wildman–Crippen LogP) is 6.06. The van der Waals surface area contributed by atoms with Gasteiger partial charge in [0.05, 0.1) is 28.4 Å². The van der Waals surface area contributed by atoms with Crippen molar-refractivity contribution in [3.63, 3.8) is 0 Å². The van der Waals surface area contributed by atoms with Gasteiger partial charge in [0.2, 0.25) is 0 Å². The molecule has 1 aromatic carbocycles. The summed E-state index contributed by atoms with van der Waals surface area (Å²) in [5.41, 5.74) is 2.96. The van der Waals surface area contributed by atoms with Crippen molar-refractivity contribution < 1.29 is 18.9 Å². The van der Waals surface area contributed by atoms with E-state index in [1.165, 1.54) is 31.3 Å². The van der Waals surface area contributed by atoms with E-state index in [1.807, 2.05) is 6.07 Å². The van der Waals surface area contributed by atoms with Gasteiger partial charge in [-0.1, -0.05) is 39.3 Å². The fourth-order valence-corrected chi connectivity index (χ4v) is 6.44. The van der Waals surface area contributed by atoms with Gasteiger partial charge in [-0.15, -0.1) is 0 Å². The van der Waals surface area contributed by atoms with Crippen molar-refractivity contribution in [2.75, 3.05) is 28.4 Å². The highest BCUT2D eigenvalue weighted by atomic mass is 16.5. The normalized spacial score (nSPS) is 28.4. The summed E-state index contributed by atoms with van der Waals surface area (Å²) in [5, 5.41) is 0. The summed E-state index contributed by atoms with van der Waals surface area (Å²) in [6.45, 7) is 11.9. The molecule has 2 saturated carbocycles. The molecule has 0 radical (unpaired) electrons. The maximum Gasteiger partial charge on any atom is 0.167 e. The van der Waals surface area contributed by atoms with E-state index >= 15 is 0 Å². The summed E-state index contributed by atoms with van der Waals surface area (Å²) in [6, 6.07) is 1.84. The van der Waals surface area contributed by atoms with E-state index in [2.05, 4.69) is 27.4 Å². The van der Waals surface area contributed by atoms with Crippen LogP contribution < -0.4 is 18.9 Å². The number of fused-ring (bicyclic) bond motifs is 1. The van der Waals surface area contributed by atoms with Crippen LogP contribution in [-0.2, 0) is 6.42 Å². The third-order valence-electron chi connectivity index (χ3n) is 7.83. The Morgan fingerprint density at radius 2 is 1.52 bits per heavy atom. The third-order valence-corrected chi connectivity index (χ3v) is 7.83. The third kappa shape index (κ3) is 3.60. The molecule has 3 rings (SSSR count). The quantitative estimate of drug-likeness (QED) is 0.542. The molecule has 0 saturated heterocycles. The molecule has 0 bridgehead atoms. The lowest BCUT2D eigenvalue weighted by atomic mass is 9.47. The van der Waals surface area contributed by atoms with Gasteiger partial charge in [0.25, 0.3) is 0 Å². The molecular formula is C25H38O4. The molecule has 0 spiro atoms. The van der Waals surface area contributed by atoms with Crippen LogP contribution in [0.5, 0.6) is 23.0 Å². The highest BCUT2D eigenvalue weighted by Gasteiger charge is 2.53. The summed E-state index contributed by atoms with van der Waals surface area (Å²) in [5.74, 6) is 3.89. The molecule has 1 aromatic rings. The fraction of sp³-hybridized carbons (Fsp3) is 0.680. The first kappa shape index (κ1) is 21.9. The van der Waals surface area contributed by atoms with Gasteiger partial charge in [0, 0.05) is 11.6 Å². The fourth-order valence-electron chi connectivity index (χ4n) is 6.44. The average molecular weight is 403 g/mol. The van der Waals surface area contributed by atoms with Crippen LogP contribution in [-0.4, -0.2) is 28.4 Å². The second kappa shape index (κ2) is 8.12. The first-order valence-corrected chi connectivity index (χ1v) is 10.8. The van der Waals surface area contributed by atoms with Crippen LogP contribution >= 0.6 is 0 Å². The van der Waals surface area contributed by atoms with Crippen molar-refractivity contribution in [3.8, 4) is 23.0 Å². The summed E-state index contributed by atoms with van der Waals surface area (Å²) in [4.78, 5) is 0. The molecule has 2 fully saturated rings. The first-order valence-electron chi connectivity index (χ1n) is 10.8. The number of allylic oxidation sites excluding steroid dienone is 1. The Morgan fingerprint density at radius 3 is 2.03 bits per heavy atom. The summed E-state index contributed by atoms with van der Waals surface area (Å²) < 4.78 is 22.8. The van der Waals surface area contributed by atoms with Crippen molar-refractivity contribution in [3.05, 3.63) is 23.8 Å². The van der Waals surface area contributed by atoms with E-state index in [0.29, 0.717) is 28.7 Å². The first-order chi connectivity index (χ1) is 13.7.